The Balaban J connectivity index is 2.02. The first-order valence-electron chi connectivity index (χ1n) is 5.22. The summed E-state index contributed by atoms with van der Waals surface area (Å²) in [6, 6.07) is 3.49. The molecule has 1 aliphatic rings. The molecule has 0 unspecified atom stereocenters. The quantitative estimate of drug-likeness (QED) is 0.831. The number of benzene rings is 1. The molecule has 1 aromatic rings. The van der Waals surface area contributed by atoms with Gasteiger partial charge in [-0.1, -0.05) is 23.2 Å². The van der Waals surface area contributed by atoms with Crippen LogP contribution >= 0.6 is 39.1 Å². The van der Waals surface area contributed by atoms with Crippen LogP contribution in [-0.4, -0.2) is 19.0 Å². The van der Waals surface area contributed by atoms with Gasteiger partial charge in [0.05, 0.1) is 15.7 Å². The number of rotatable bonds is 3. The normalized spacial score (nSPS) is 15.5. The van der Waals surface area contributed by atoms with Crippen LogP contribution < -0.4 is 10.6 Å². The van der Waals surface area contributed by atoms with Gasteiger partial charge in [0.15, 0.2) is 0 Å². The van der Waals surface area contributed by atoms with Crippen LogP contribution in [0.2, 0.25) is 10.0 Å². The molecule has 0 spiro atoms. The number of nitrogens with one attached hydrogen (secondary N) is 2. The Morgan fingerprint density at radius 3 is 2.71 bits per heavy atom. The predicted molar refractivity (Wildman–Crippen MR) is 73.8 cm³/mol. The number of carbonyl (C=O) groups excluding carboxylic acids is 1. The van der Waals surface area contributed by atoms with Gasteiger partial charge in [0.2, 0.25) is 5.91 Å². The second-order valence-corrected chi connectivity index (χ2v) is 5.61. The number of hydrogen-bond donors (Lipinski definition) is 2. The molecule has 2 rings (SSSR count). The summed E-state index contributed by atoms with van der Waals surface area (Å²) in [5.41, 5.74) is 0.553. The van der Waals surface area contributed by atoms with Gasteiger partial charge in [0.1, 0.15) is 0 Å². The van der Waals surface area contributed by atoms with Gasteiger partial charge < -0.3 is 10.6 Å². The highest BCUT2D eigenvalue weighted by Crippen LogP contribution is 2.35. The van der Waals surface area contributed by atoms with Crippen LogP contribution in [0.15, 0.2) is 16.6 Å². The molecular formula is C11H11BrCl2N2O. The van der Waals surface area contributed by atoms with E-state index in [0.29, 0.717) is 32.5 Å². The summed E-state index contributed by atoms with van der Waals surface area (Å²) in [7, 11) is 0. The van der Waals surface area contributed by atoms with E-state index >= 15 is 0 Å². The van der Waals surface area contributed by atoms with Crippen molar-refractivity contribution in [1.29, 1.82) is 0 Å². The minimum absolute atomic E-state index is 0.0308. The second-order valence-electron chi connectivity index (χ2n) is 4.00. The summed E-state index contributed by atoms with van der Waals surface area (Å²) in [5, 5.41) is 6.67. The summed E-state index contributed by atoms with van der Waals surface area (Å²) in [6.07, 6.45) is 0.511. The average Bonchev–Trinajstić information content (AvgIpc) is 2.25. The number of hydrogen-bond acceptors (Lipinski definition) is 2. The molecule has 1 aliphatic heterocycles. The lowest BCUT2D eigenvalue weighted by Crippen LogP contribution is -2.43. The molecule has 0 atom stereocenters. The van der Waals surface area contributed by atoms with Crippen molar-refractivity contribution in [2.75, 3.05) is 18.4 Å². The van der Waals surface area contributed by atoms with Gasteiger partial charge in [-0.2, -0.15) is 0 Å². The van der Waals surface area contributed by atoms with Crippen LogP contribution in [0.25, 0.3) is 0 Å². The average molecular weight is 338 g/mol. The fourth-order valence-electron chi connectivity index (χ4n) is 1.58. The molecule has 92 valence electrons. The molecular weight excluding hydrogens is 327 g/mol. The van der Waals surface area contributed by atoms with Gasteiger partial charge in [-0.15, -0.1) is 0 Å². The van der Waals surface area contributed by atoms with E-state index in [9.17, 15) is 4.79 Å². The van der Waals surface area contributed by atoms with E-state index in [1.165, 1.54) is 0 Å². The summed E-state index contributed by atoms with van der Waals surface area (Å²) in [5.74, 6) is 0.400. The minimum atomic E-state index is -0.0308. The van der Waals surface area contributed by atoms with Crippen LogP contribution in [0.3, 0.4) is 0 Å². The van der Waals surface area contributed by atoms with Crippen molar-refractivity contribution in [3.63, 3.8) is 0 Å². The molecule has 0 saturated carbocycles. The van der Waals surface area contributed by atoms with Crippen molar-refractivity contribution in [3.8, 4) is 0 Å². The maximum Gasteiger partial charge on any atom is 0.224 e. The lowest BCUT2D eigenvalue weighted by molar-refractivity contribution is -0.117. The molecule has 0 aliphatic carbocycles. The Labute approximate surface area is 118 Å². The predicted octanol–water partition coefficient (Wildman–Crippen LogP) is 3.30. The lowest BCUT2D eigenvalue weighted by Gasteiger charge is -2.26. The maximum absolute atomic E-state index is 11.7. The van der Waals surface area contributed by atoms with Crippen molar-refractivity contribution in [1.82, 2.24) is 5.32 Å². The van der Waals surface area contributed by atoms with E-state index in [-0.39, 0.29) is 5.91 Å². The number of anilines is 1. The second kappa shape index (κ2) is 5.57. The summed E-state index contributed by atoms with van der Waals surface area (Å²) < 4.78 is 0.713. The molecule has 17 heavy (non-hydrogen) atoms. The zero-order valence-corrected chi connectivity index (χ0v) is 12.0. The fraction of sp³-hybridized carbons (Fsp3) is 0.364. The molecule has 1 aromatic carbocycles. The summed E-state index contributed by atoms with van der Waals surface area (Å²) in [6.45, 7) is 1.81. The Morgan fingerprint density at radius 2 is 2.12 bits per heavy atom. The Hall–Kier alpha value is -0.290. The number of carbonyl (C=O) groups is 1. The van der Waals surface area contributed by atoms with E-state index in [1.54, 1.807) is 12.1 Å². The first-order valence-corrected chi connectivity index (χ1v) is 6.77. The molecule has 6 heteroatoms. The highest BCUT2D eigenvalue weighted by Gasteiger charge is 2.20. The first-order chi connectivity index (χ1) is 8.08. The minimum Gasteiger partial charge on any atom is -0.325 e. The van der Waals surface area contributed by atoms with Gasteiger partial charge in [-0.25, -0.2) is 0 Å². The van der Waals surface area contributed by atoms with Crippen molar-refractivity contribution in [2.45, 2.75) is 6.42 Å². The SMILES string of the molecule is O=C(CC1CNC1)Nc1ccc(Br)c(Cl)c1Cl. The topological polar surface area (TPSA) is 41.1 Å². The molecule has 0 radical (unpaired) electrons. The molecule has 1 fully saturated rings. The highest BCUT2D eigenvalue weighted by atomic mass is 79.9. The fourth-order valence-corrected chi connectivity index (χ4v) is 2.40. The van der Waals surface area contributed by atoms with E-state index in [1.807, 2.05) is 0 Å². The van der Waals surface area contributed by atoms with E-state index in [2.05, 4.69) is 26.6 Å². The zero-order valence-electron chi connectivity index (χ0n) is 8.90. The van der Waals surface area contributed by atoms with Crippen LogP contribution in [-0.2, 0) is 4.79 Å². The van der Waals surface area contributed by atoms with Crippen LogP contribution in [0.5, 0.6) is 0 Å². The summed E-state index contributed by atoms with van der Waals surface area (Å²) in [4.78, 5) is 11.7. The third-order valence-electron chi connectivity index (χ3n) is 2.65. The van der Waals surface area contributed by atoms with E-state index in [0.717, 1.165) is 13.1 Å². The summed E-state index contributed by atoms with van der Waals surface area (Å²) >= 11 is 15.3. The van der Waals surface area contributed by atoms with Crippen LogP contribution in [0.4, 0.5) is 5.69 Å². The largest absolute Gasteiger partial charge is 0.325 e. The first kappa shape index (κ1) is 13.1. The standard InChI is InChI=1S/C11H11BrCl2N2O/c12-7-1-2-8(11(14)10(7)13)16-9(17)3-6-4-15-5-6/h1-2,6,15H,3-5H2,(H,16,17). The van der Waals surface area contributed by atoms with Crippen molar-refractivity contribution in [3.05, 3.63) is 26.7 Å². The monoisotopic (exact) mass is 336 g/mol. The molecule has 1 amide bonds. The number of amides is 1. The Bertz CT molecular complexity index is 449. The van der Waals surface area contributed by atoms with Gasteiger partial charge in [0, 0.05) is 10.9 Å². The molecule has 0 aromatic heterocycles. The van der Waals surface area contributed by atoms with E-state index in [4.69, 9.17) is 23.2 Å². The molecule has 3 nitrogen and oxygen atoms in total. The van der Waals surface area contributed by atoms with E-state index < -0.39 is 0 Å². The zero-order chi connectivity index (χ0) is 12.4. The van der Waals surface area contributed by atoms with Gasteiger partial charge in [-0.05, 0) is 47.1 Å². The van der Waals surface area contributed by atoms with Crippen LogP contribution in [0.1, 0.15) is 6.42 Å². The van der Waals surface area contributed by atoms with Crippen molar-refractivity contribution in [2.24, 2.45) is 5.92 Å². The number of halogens is 3. The Kier molecular flexibility index (Phi) is 4.31. The maximum atomic E-state index is 11.7. The third kappa shape index (κ3) is 3.13. The Morgan fingerprint density at radius 1 is 1.41 bits per heavy atom. The lowest BCUT2D eigenvalue weighted by atomic mass is 9.99. The molecule has 0 bridgehead atoms. The van der Waals surface area contributed by atoms with Crippen LogP contribution in [0, 0.1) is 5.92 Å². The smallest absolute Gasteiger partial charge is 0.224 e. The van der Waals surface area contributed by atoms with Crippen molar-refractivity contribution < 1.29 is 4.79 Å². The van der Waals surface area contributed by atoms with Gasteiger partial charge >= 0.3 is 0 Å². The van der Waals surface area contributed by atoms with Gasteiger partial charge in [0.25, 0.3) is 0 Å². The molecule has 1 saturated heterocycles. The van der Waals surface area contributed by atoms with Crippen molar-refractivity contribution >= 4 is 50.7 Å². The third-order valence-corrected chi connectivity index (χ3v) is 4.42. The highest BCUT2D eigenvalue weighted by molar-refractivity contribution is 9.10. The molecule has 1 heterocycles. The molecule has 2 N–H and O–H groups in total. The van der Waals surface area contributed by atoms with Gasteiger partial charge in [-0.3, -0.25) is 4.79 Å².